The van der Waals surface area contributed by atoms with Crippen LogP contribution in [-0.2, 0) is 9.47 Å². The average Bonchev–Trinajstić information content (AvgIpc) is 2.86. The van der Waals surface area contributed by atoms with Crippen LogP contribution >= 0.6 is 0 Å². The molecule has 21 heavy (non-hydrogen) atoms. The van der Waals surface area contributed by atoms with E-state index in [0.29, 0.717) is 25.0 Å². The molecule has 0 bridgehead atoms. The number of alkyl carbamates (subject to hydrolysis) is 1. The second-order valence-electron chi connectivity index (χ2n) is 7.46. The van der Waals surface area contributed by atoms with Crippen LogP contribution in [0.15, 0.2) is 0 Å². The van der Waals surface area contributed by atoms with Crippen LogP contribution < -0.4 is 10.6 Å². The van der Waals surface area contributed by atoms with Crippen molar-refractivity contribution >= 4 is 6.09 Å². The van der Waals surface area contributed by atoms with E-state index in [0.717, 1.165) is 19.5 Å². The first-order valence-electron chi connectivity index (χ1n) is 8.12. The van der Waals surface area contributed by atoms with Gasteiger partial charge in [-0.25, -0.2) is 4.79 Å². The number of rotatable bonds is 3. The Hall–Kier alpha value is -0.810. The third-order valence-corrected chi connectivity index (χ3v) is 4.76. The summed E-state index contributed by atoms with van der Waals surface area (Å²) in [6.07, 6.45) is 2.88. The third kappa shape index (κ3) is 4.33. The largest absolute Gasteiger partial charge is 0.444 e. The molecule has 0 aromatic heterocycles. The van der Waals surface area contributed by atoms with Crippen molar-refractivity contribution in [2.45, 2.75) is 58.1 Å². The van der Waals surface area contributed by atoms with Crippen LogP contribution in [0, 0.1) is 11.8 Å². The highest BCUT2D eigenvalue weighted by Crippen LogP contribution is 2.36. The lowest BCUT2D eigenvalue weighted by Gasteiger charge is -2.41. The maximum Gasteiger partial charge on any atom is 0.408 e. The number of piperidine rings is 1. The van der Waals surface area contributed by atoms with Gasteiger partial charge in [0.2, 0.25) is 0 Å². The molecule has 0 spiro atoms. The molecule has 2 unspecified atom stereocenters. The SMILES string of the molecule is CC(C1CCNCC1)C1(NC(=O)OC(C)(C)C)CCOC1. The molecule has 2 aliphatic rings. The normalized spacial score (nSPS) is 29.1. The van der Waals surface area contributed by atoms with Gasteiger partial charge >= 0.3 is 6.09 Å². The third-order valence-electron chi connectivity index (χ3n) is 4.76. The van der Waals surface area contributed by atoms with Gasteiger partial charge in [-0.2, -0.15) is 0 Å². The number of carbonyl (C=O) groups excluding carboxylic acids is 1. The van der Waals surface area contributed by atoms with Crippen LogP contribution in [0.4, 0.5) is 4.79 Å². The summed E-state index contributed by atoms with van der Waals surface area (Å²) in [5.74, 6) is 1.03. The summed E-state index contributed by atoms with van der Waals surface area (Å²) in [4.78, 5) is 12.2. The maximum absolute atomic E-state index is 12.2. The van der Waals surface area contributed by atoms with Crippen molar-refractivity contribution in [2.24, 2.45) is 11.8 Å². The molecule has 2 heterocycles. The summed E-state index contributed by atoms with van der Waals surface area (Å²) in [5.41, 5.74) is -0.743. The molecule has 5 heteroatoms. The van der Waals surface area contributed by atoms with Crippen LogP contribution in [0.2, 0.25) is 0 Å². The number of ether oxygens (including phenoxy) is 2. The zero-order valence-electron chi connectivity index (χ0n) is 13.8. The van der Waals surface area contributed by atoms with Gasteiger partial charge in [-0.3, -0.25) is 0 Å². The van der Waals surface area contributed by atoms with Crippen LogP contribution in [0.25, 0.3) is 0 Å². The van der Waals surface area contributed by atoms with Crippen molar-refractivity contribution in [1.29, 1.82) is 0 Å². The molecule has 0 saturated carbocycles. The minimum Gasteiger partial charge on any atom is -0.444 e. The monoisotopic (exact) mass is 298 g/mol. The molecule has 2 aliphatic heterocycles. The Balaban J connectivity index is 2.03. The molecule has 2 rings (SSSR count). The van der Waals surface area contributed by atoms with Crippen LogP contribution in [0.3, 0.4) is 0 Å². The Labute approximate surface area is 128 Å². The Bertz CT molecular complexity index is 353. The zero-order chi connectivity index (χ0) is 15.5. The summed E-state index contributed by atoms with van der Waals surface area (Å²) >= 11 is 0. The highest BCUT2D eigenvalue weighted by atomic mass is 16.6. The smallest absolute Gasteiger partial charge is 0.408 e. The molecule has 2 N–H and O–H groups in total. The van der Waals surface area contributed by atoms with Crippen LogP contribution in [-0.4, -0.2) is 43.5 Å². The van der Waals surface area contributed by atoms with Gasteiger partial charge in [0.25, 0.3) is 0 Å². The molecule has 2 saturated heterocycles. The van der Waals surface area contributed by atoms with Gasteiger partial charge in [-0.15, -0.1) is 0 Å². The van der Waals surface area contributed by atoms with Crippen LogP contribution in [0.5, 0.6) is 0 Å². The molecule has 2 fully saturated rings. The standard InChI is InChI=1S/C16H30N2O3/c1-12(13-5-8-17-9-6-13)16(7-10-20-11-16)18-14(19)21-15(2,3)4/h12-13,17H,5-11H2,1-4H3,(H,18,19). The van der Waals surface area contributed by atoms with Gasteiger partial charge in [-0.1, -0.05) is 6.92 Å². The minimum absolute atomic E-state index is 0.273. The first-order chi connectivity index (χ1) is 9.82. The lowest BCUT2D eigenvalue weighted by molar-refractivity contribution is 0.0331. The van der Waals surface area contributed by atoms with Gasteiger partial charge < -0.3 is 20.1 Å². The molecule has 122 valence electrons. The van der Waals surface area contributed by atoms with E-state index in [2.05, 4.69) is 17.6 Å². The topological polar surface area (TPSA) is 59.6 Å². The fraction of sp³-hybridized carbons (Fsp3) is 0.938. The molecule has 5 nitrogen and oxygen atoms in total. The van der Waals surface area contributed by atoms with Gasteiger partial charge in [-0.05, 0) is 65.0 Å². The van der Waals surface area contributed by atoms with Crippen molar-refractivity contribution in [2.75, 3.05) is 26.3 Å². The molecular weight excluding hydrogens is 268 g/mol. The van der Waals surface area contributed by atoms with Crippen molar-refractivity contribution in [1.82, 2.24) is 10.6 Å². The summed E-state index contributed by atoms with van der Waals surface area (Å²) in [7, 11) is 0. The Morgan fingerprint density at radius 2 is 2.05 bits per heavy atom. The van der Waals surface area contributed by atoms with Gasteiger partial charge in [0, 0.05) is 6.61 Å². The molecule has 1 amide bonds. The predicted molar refractivity (Wildman–Crippen MR) is 82.3 cm³/mol. The van der Waals surface area contributed by atoms with Crippen molar-refractivity contribution in [3.63, 3.8) is 0 Å². The quantitative estimate of drug-likeness (QED) is 0.839. The van der Waals surface area contributed by atoms with E-state index in [9.17, 15) is 4.79 Å². The van der Waals surface area contributed by atoms with Gasteiger partial charge in [0.05, 0.1) is 12.1 Å². The second-order valence-corrected chi connectivity index (χ2v) is 7.46. The highest BCUT2D eigenvalue weighted by Gasteiger charge is 2.45. The summed E-state index contributed by atoms with van der Waals surface area (Å²) in [5, 5.41) is 6.54. The predicted octanol–water partition coefficient (Wildman–Crippen LogP) is 2.31. The van der Waals surface area contributed by atoms with E-state index < -0.39 is 5.60 Å². The molecule has 0 aromatic carbocycles. The first kappa shape index (κ1) is 16.6. The van der Waals surface area contributed by atoms with Crippen molar-refractivity contribution in [3.8, 4) is 0 Å². The Morgan fingerprint density at radius 3 is 2.57 bits per heavy atom. The van der Waals surface area contributed by atoms with Gasteiger partial charge in [0.15, 0.2) is 0 Å². The summed E-state index contributed by atoms with van der Waals surface area (Å²) in [6.45, 7) is 11.4. The number of hydrogen-bond acceptors (Lipinski definition) is 4. The fourth-order valence-corrected chi connectivity index (χ4v) is 3.45. The van der Waals surface area contributed by atoms with Crippen molar-refractivity contribution < 1.29 is 14.3 Å². The maximum atomic E-state index is 12.2. The summed E-state index contributed by atoms with van der Waals surface area (Å²) < 4.78 is 11.1. The van der Waals surface area contributed by atoms with Crippen LogP contribution in [0.1, 0.15) is 47.0 Å². The number of hydrogen-bond donors (Lipinski definition) is 2. The van der Waals surface area contributed by atoms with E-state index in [1.54, 1.807) is 0 Å². The zero-order valence-corrected chi connectivity index (χ0v) is 13.8. The van der Waals surface area contributed by atoms with E-state index in [4.69, 9.17) is 9.47 Å². The first-order valence-corrected chi connectivity index (χ1v) is 8.12. The lowest BCUT2D eigenvalue weighted by atomic mass is 9.73. The fourth-order valence-electron chi connectivity index (χ4n) is 3.45. The van der Waals surface area contributed by atoms with E-state index >= 15 is 0 Å². The van der Waals surface area contributed by atoms with E-state index in [-0.39, 0.29) is 11.6 Å². The lowest BCUT2D eigenvalue weighted by Crippen LogP contribution is -2.57. The second kappa shape index (κ2) is 6.53. The summed E-state index contributed by atoms with van der Waals surface area (Å²) in [6, 6.07) is 0. The highest BCUT2D eigenvalue weighted by molar-refractivity contribution is 5.69. The van der Waals surface area contributed by atoms with E-state index in [1.807, 2.05) is 20.8 Å². The molecule has 2 atom stereocenters. The number of nitrogens with one attached hydrogen (secondary N) is 2. The minimum atomic E-state index is -0.470. The van der Waals surface area contributed by atoms with Gasteiger partial charge in [0.1, 0.15) is 5.60 Å². The number of amides is 1. The van der Waals surface area contributed by atoms with Crippen molar-refractivity contribution in [3.05, 3.63) is 0 Å². The molecule has 0 aromatic rings. The Kier molecular flexibility index (Phi) is 5.15. The average molecular weight is 298 g/mol. The molecule has 0 aliphatic carbocycles. The molecule has 0 radical (unpaired) electrons. The van der Waals surface area contributed by atoms with E-state index in [1.165, 1.54) is 12.8 Å². The number of carbonyl (C=O) groups is 1. The Morgan fingerprint density at radius 1 is 1.38 bits per heavy atom. The molecular formula is C16H30N2O3.